The number of carbonyl (C=O) groups excluding carboxylic acids is 4. The average molecular weight is 594 g/mol. The van der Waals surface area contributed by atoms with Crippen LogP contribution in [0.3, 0.4) is 0 Å². The Morgan fingerprint density at radius 3 is 2.40 bits per heavy atom. The quantitative estimate of drug-likeness (QED) is 0.167. The number of primary amides is 1. The van der Waals surface area contributed by atoms with E-state index in [0.717, 1.165) is 47.3 Å². The lowest BCUT2D eigenvalue weighted by molar-refractivity contribution is -0.121. The molecular weight excluding hydrogens is 554 g/mol. The van der Waals surface area contributed by atoms with Gasteiger partial charge in [-0.3, -0.25) is 9.59 Å². The number of nitrogens with one attached hydrogen (secondary N) is 4. The maximum Gasteiger partial charge on any atom is 0.407 e. The standard InChI is InChI=1S/C31H39N5O5S/c32-29(38)24(35-31(40)41-17-23-21-11-3-1-9-19(21)20-10-2-4-12-22(20)23)13-7-8-16-33-27(37)15-6-5-14-26-28-25(18-42-26)34-30(39)36-28/h1-4,9-12,23-26,28H,5-8,13-18H2,(H2,32,38)(H,33,37)(H,35,40)(H2,34,36,39). The lowest BCUT2D eigenvalue weighted by Gasteiger charge is -2.18. The third-order valence-corrected chi connectivity index (χ3v) is 9.81. The fourth-order valence-corrected chi connectivity index (χ4v) is 7.68. The Balaban J connectivity index is 0.954. The molecule has 0 bridgehead atoms. The van der Waals surface area contributed by atoms with Gasteiger partial charge in [0.2, 0.25) is 11.8 Å². The Morgan fingerprint density at radius 1 is 0.976 bits per heavy atom. The molecule has 5 rings (SSSR count). The molecule has 1 aliphatic carbocycles. The maximum absolute atomic E-state index is 12.6. The van der Waals surface area contributed by atoms with Gasteiger partial charge in [-0.15, -0.1) is 0 Å². The molecule has 2 saturated heterocycles. The summed E-state index contributed by atoms with van der Waals surface area (Å²) in [6.45, 7) is 0.654. The lowest BCUT2D eigenvalue weighted by Crippen LogP contribution is -2.45. The van der Waals surface area contributed by atoms with E-state index in [1.165, 1.54) is 0 Å². The predicted octanol–water partition coefficient (Wildman–Crippen LogP) is 3.39. The van der Waals surface area contributed by atoms with Crippen molar-refractivity contribution >= 4 is 35.7 Å². The number of amides is 5. The van der Waals surface area contributed by atoms with Gasteiger partial charge < -0.3 is 31.7 Å². The molecule has 2 aliphatic heterocycles. The summed E-state index contributed by atoms with van der Waals surface area (Å²) in [5.74, 6) is 0.255. The number of rotatable bonds is 14. The van der Waals surface area contributed by atoms with Crippen LogP contribution in [0.5, 0.6) is 0 Å². The van der Waals surface area contributed by atoms with Crippen LogP contribution in [0, 0.1) is 0 Å². The number of ether oxygens (including phenoxy) is 1. The van der Waals surface area contributed by atoms with Gasteiger partial charge in [0.15, 0.2) is 0 Å². The molecule has 4 unspecified atom stereocenters. The van der Waals surface area contributed by atoms with E-state index >= 15 is 0 Å². The van der Waals surface area contributed by atoms with Crippen LogP contribution in [0.1, 0.15) is 62.0 Å². The highest BCUT2D eigenvalue weighted by Crippen LogP contribution is 2.44. The zero-order chi connectivity index (χ0) is 29.5. The highest BCUT2D eigenvalue weighted by molar-refractivity contribution is 8.00. The van der Waals surface area contributed by atoms with Crippen molar-refractivity contribution in [2.75, 3.05) is 18.9 Å². The van der Waals surface area contributed by atoms with Crippen LogP contribution in [0.25, 0.3) is 11.1 Å². The Labute approximate surface area is 250 Å². The van der Waals surface area contributed by atoms with E-state index in [1.54, 1.807) is 0 Å². The molecule has 2 heterocycles. The summed E-state index contributed by atoms with van der Waals surface area (Å²) in [6, 6.07) is 15.7. The minimum atomic E-state index is -0.843. The molecule has 0 spiro atoms. The first-order valence-corrected chi connectivity index (χ1v) is 15.8. The molecule has 0 aromatic heterocycles. The van der Waals surface area contributed by atoms with Crippen molar-refractivity contribution in [3.8, 4) is 11.1 Å². The molecule has 2 aromatic carbocycles. The van der Waals surface area contributed by atoms with Gasteiger partial charge in [-0.05, 0) is 54.4 Å². The monoisotopic (exact) mass is 593 g/mol. The number of unbranched alkanes of at least 4 members (excludes halogenated alkanes) is 2. The number of benzene rings is 2. The van der Waals surface area contributed by atoms with E-state index in [-0.39, 0.29) is 36.5 Å². The molecule has 5 amide bonds. The zero-order valence-corrected chi connectivity index (χ0v) is 24.4. The van der Waals surface area contributed by atoms with E-state index < -0.39 is 18.0 Å². The van der Waals surface area contributed by atoms with Gasteiger partial charge in [0.1, 0.15) is 12.6 Å². The Bertz CT molecular complexity index is 1260. The Kier molecular flexibility index (Phi) is 9.89. The van der Waals surface area contributed by atoms with Gasteiger partial charge in [0, 0.05) is 29.9 Å². The minimum Gasteiger partial charge on any atom is -0.449 e. The van der Waals surface area contributed by atoms with Crippen molar-refractivity contribution in [3.63, 3.8) is 0 Å². The molecule has 224 valence electrons. The second kappa shape index (κ2) is 14.0. The second-order valence-electron chi connectivity index (χ2n) is 11.1. The topological polar surface area (TPSA) is 152 Å². The molecule has 10 nitrogen and oxygen atoms in total. The van der Waals surface area contributed by atoms with E-state index in [9.17, 15) is 19.2 Å². The number of hydrogen-bond acceptors (Lipinski definition) is 6. The Morgan fingerprint density at radius 2 is 1.69 bits per heavy atom. The molecular formula is C31H39N5O5S. The fraction of sp³-hybridized carbons (Fsp3) is 0.484. The summed E-state index contributed by atoms with van der Waals surface area (Å²) >= 11 is 1.88. The normalized spacial score (nSPS) is 21.0. The van der Waals surface area contributed by atoms with Crippen molar-refractivity contribution < 1.29 is 23.9 Å². The number of carbonyl (C=O) groups is 4. The van der Waals surface area contributed by atoms with Gasteiger partial charge in [-0.1, -0.05) is 55.0 Å². The number of fused-ring (bicyclic) bond motifs is 4. The highest BCUT2D eigenvalue weighted by Gasteiger charge is 2.42. The molecule has 0 saturated carbocycles. The molecule has 2 fully saturated rings. The molecule has 6 N–H and O–H groups in total. The van der Waals surface area contributed by atoms with Crippen molar-refractivity contribution in [2.45, 2.75) is 74.2 Å². The fourth-order valence-electron chi connectivity index (χ4n) is 6.13. The Hall–Kier alpha value is -3.73. The minimum absolute atomic E-state index is 0.00556. The highest BCUT2D eigenvalue weighted by atomic mass is 32.2. The van der Waals surface area contributed by atoms with E-state index in [0.29, 0.717) is 37.5 Å². The SMILES string of the molecule is NC(=O)C(CCCCNC(=O)CCCCC1SCC2NC(=O)NC21)NC(=O)OCC1c2ccccc2-c2ccccc21. The van der Waals surface area contributed by atoms with Crippen LogP contribution in [-0.2, 0) is 14.3 Å². The summed E-state index contributed by atoms with van der Waals surface area (Å²) in [5, 5.41) is 11.9. The van der Waals surface area contributed by atoms with Crippen LogP contribution in [0.4, 0.5) is 9.59 Å². The van der Waals surface area contributed by atoms with Crippen molar-refractivity contribution in [2.24, 2.45) is 5.73 Å². The van der Waals surface area contributed by atoms with Crippen molar-refractivity contribution in [1.82, 2.24) is 21.3 Å². The third-order valence-electron chi connectivity index (χ3n) is 8.30. The summed E-state index contributed by atoms with van der Waals surface area (Å²) in [4.78, 5) is 48.3. The molecule has 11 heteroatoms. The maximum atomic E-state index is 12.6. The summed E-state index contributed by atoms with van der Waals surface area (Å²) in [5.41, 5.74) is 10.0. The lowest BCUT2D eigenvalue weighted by atomic mass is 9.98. The summed E-state index contributed by atoms with van der Waals surface area (Å²) < 4.78 is 5.55. The molecule has 4 atom stereocenters. The van der Waals surface area contributed by atoms with Gasteiger partial charge in [0.05, 0.1) is 12.1 Å². The average Bonchev–Trinajstić information content (AvgIpc) is 3.64. The predicted molar refractivity (Wildman–Crippen MR) is 162 cm³/mol. The van der Waals surface area contributed by atoms with Crippen LogP contribution >= 0.6 is 11.8 Å². The van der Waals surface area contributed by atoms with Gasteiger partial charge in [-0.25, -0.2) is 9.59 Å². The second-order valence-corrected chi connectivity index (χ2v) is 12.4. The number of hydrogen-bond donors (Lipinski definition) is 5. The number of alkyl carbamates (subject to hydrolysis) is 1. The first-order valence-electron chi connectivity index (χ1n) is 14.8. The number of nitrogens with two attached hydrogens (primary N) is 1. The number of thioether (sulfide) groups is 1. The van der Waals surface area contributed by atoms with Gasteiger partial charge in [-0.2, -0.15) is 11.8 Å². The molecule has 3 aliphatic rings. The van der Waals surface area contributed by atoms with Crippen LogP contribution in [0.15, 0.2) is 48.5 Å². The third kappa shape index (κ3) is 7.18. The van der Waals surface area contributed by atoms with Gasteiger partial charge in [0.25, 0.3) is 0 Å². The smallest absolute Gasteiger partial charge is 0.407 e. The molecule has 2 aromatic rings. The van der Waals surface area contributed by atoms with Gasteiger partial charge >= 0.3 is 12.1 Å². The van der Waals surface area contributed by atoms with E-state index in [2.05, 4.69) is 33.4 Å². The van der Waals surface area contributed by atoms with Crippen LogP contribution in [-0.4, -0.2) is 66.2 Å². The first-order chi connectivity index (χ1) is 20.4. The zero-order valence-electron chi connectivity index (χ0n) is 23.6. The molecule has 42 heavy (non-hydrogen) atoms. The van der Waals surface area contributed by atoms with Crippen molar-refractivity contribution in [3.05, 3.63) is 59.7 Å². The summed E-state index contributed by atoms with van der Waals surface area (Å²) in [6.07, 6.45) is 4.14. The summed E-state index contributed by atoms with van der Waals surface area (Å²) in [7, 11) is 0. The number of urea groups is 1. The van der Waals surface area contributed by atoms with Crippen LogP contribution < -0.4 is 27.0 Å². The van der Waals surface area contributed by atoms with Crippen LogP contribution in [0.2, 0.25) is 0 Å². The van der Waals surface area contributed by atoms with E-state index in [1.807, 2.05) is 48.2 Å². The van der Waals surface area contributed by atoms with Crippen molar-refractivity contribution in [1.29, 1.82) is 0 Å². The largest absolute Gasteiger partial charge is 0.449 e. The van der Waals surface area contributed by atoms with E-state index in [4.69, 9.17) is 10.5 Å². The first kappa shape index (κ1) is 29.8. The molecule has 0 radical (unpaired) electrons.